The van der Waals surface area contributed by atoms with E-state index in [1.807, 2.05) is 6.07 Å². The molecule has 0 unspecified atom stereocenters. The largest absolute Gasteiger partial charge is 0.477 e. The smallest absolute Gasteiger partial charge is 0.341 e. The van der Waals surface area contributed by atoms with Gasteiger partial charge in [0, 0.05) is 16.3 Å². The molecule has 27 heavy (non-hydrogen) atoms. The third-order valence-electron chi connectivity index (χ3n) is 3.82. The van der Waals surface area contributed by atoms with Crippen molar-refractivity contribution < 1.29 is 19.2 Å². The van der Waals surface area contributed by atoms with Crippen LogP contribution < -0.4 is 10.6 Å². The molecule has 0 aliphatic carbocycles. The van der Waals surface area contributed by atoms with Gasteiger partial charge < -0.3 is 20.3 Å². The highest BCUT2D eigenvalue weighted by Gasteiger charge is 2.27. The first-order chi connectivity index (χ1) is 13.0. The Bertz CT molecular complexity index is 955. The van der Waals surface area contributed by atoms with Crippen LogP contribution in [0.15, 0.2) is 59.1 Å². The van der Waals surface area contributed by atoms with E-state index in [0.29, 0.717) is 16.3 Å². The average Bonchev–Trinajstić information content (AvgIpc) is 3.10. The van der Waals surface area contributed by atoms with Gasteiger partial charge >= 0.3 is 12.0 Å². The predicted octanol–water partition coefficient (Wildman–Crippen LogP) is 4.58. The van der Waals surface area contributed by atoms with Crippen LogP contribution in [0.2, 0.25) is 5.02 Å². The fourth-order valence-corrected chi connectivity index (χ4v) is 2.69. The minimum atomic E-state index is -1.18. The van der Waals surface area contributed by atoms with Gasteiger partial charge in [0.15, 0.2) is 5.76 Å². The molecular weight excluding hydrogens is 370 g/mol. The molecule has 0 aliphatic rings. The number of hydrogen-bond acceptors (Lipinski definition) is 4. The molecule has 138 valence electrons. The van der Waals surface area contributed by atoms with E-state index in [-0.39, 0.29) is 17.0 Å². The summed E-state index contributed by atoms with van der Waals surface area (Å²) in [5.74, 6) is -1.12. The molecule has 3 N–H and O–H groups in total. The number of carbonyl (C=O) groups is 2. The lowest BCUT2D eigenvalue weighted by molar-refractivity contribution is 0.0694. The number of halogens is 1. The van der Waals surface area contributed by atoms with Gasteiger partial charge in [-0.25, -0.2) is 9.59 Å². The number of amides is 2. The number of aromatic carboxylic acids is 1. The summed E-state index contributed by atoms with van der Waals surface area (Å²) in [5.41, 5.74) is 1.29. The monoisotopic (exact) mass is 385 g/mol. The number of aromatic nitrogens is 1. The summed E-state index contributed by atoms with van der Waals surface area (Å²) in [5, 5.41) is 19.3. The highest BCUT2D eigenvalue weighted by Crippen LogP contribution is 2.29. The molecule has 1 atom stereocenters. The lowest BCUT2D eigenvalue weighted by Gasteiger charge is -2.13. The molecule has 1 aromatic heterocycles. The fourth-order valence-electron chi connectivity index (χ4n) is 2.56. The number of carboxylic acids is 1. The molecule has 0 saturated carbocycles. The number of carbonyl (C=O) groups excluding carboxylic acids is 1. The Labute approximate surface area is 159 Å². The number of hydrogen-bond donors (Lipinski definition) is 3. The first-order valence-corrected chi connectivity index (χ1v) is 8.45. The minimum absolute atomic E-state index is 0.0626. The first kappa shape index (κ1) is 18.5. The van der Waals surface area contributed by atoms with Gasteiger partial charge in [-0.3, -0.25) is 0 Å². The Kier molecular flexibility index (Phi) is 5.42. The molecular formula is C19H16ClN3O4. The molecule has 3 rings (SSSR count). The molecule has 2 amide bonds. The van der Waals surface area contributed by atoms with Crippen LogP contribution in [-0.4, -0.2) is 22.3 Å². The van der Waals surface area contributed by atoms with Crippen LogP contribution in [0.4, 0.5) is 10.5 Å². The van der Waals surface area contributed by atoms with Crippen molar-refractivity contribution in [2.75, 3.05) is 5.32 Å². The average molecular weight is 386 g/mol. The van der Waals surface area contributed by atoms with Crippen molar-refractivity contribution in [2.45, 2.75) is 13.0 Å². The molecule has 0 radical (unpaired) electrons. The second-order valence-corrected chi connectivity index (χ2v) is 6.21. The molecule has 1 heterocycles. The molecule has 0 saturated heterocycles. The second kappa shape index (κ2) is 7.92. The van der Waals surface area contributed by atoms with Crippen molar-refractivity contribution in [3.63, 3.8) is 0 Å². The van der Waals surface area contributed by atoms with Crippen molar-refractivity contribution in [3.8, 4) is 11.3 Å². The number of nitrogens with one attached hydrogen (secondary N) is 2. The SMILES string of the molecule is C[C@@H](NC(=O)Nc1ccc(Cl)cc1)c1onc(-c2ccccc2)c1C(=O)O. The summed E-state index contributed by atoms with van der Waals surface area (Å²) in [4.78, 5) is 23.9. The third-order valence-corrected chi connectivity index (χ3v) is 4.07. The van der Waals surface area contributed by atoms with E-state index in [9.17, 15) is 14.7 Å². The molecule has 2 aromatic carbocycles. The van der Waals surface area contributed by atoms with E-state index in [1.165, 1.54) is 0 Å². The van der Waals surface area contributed by atoms with Crippen LogP contribution in [0.3, 0.4) is 0 Å². The van der Waals surface area contributed by atoms with Gasteiger partial charge in [-0.15, -0.1) is 0 Å². The van der Waals surface area contributed by atoms with E-state index in [2.05, 4.69) is 15.8 Å². The van der Waals surface area contributed by atoms with Crippen molar-refractivity contribution in [1.29, 1.82) is 0 Å². The van der Waals surface area contributed by atoms with Crippen LogP contribution in [0.5, 0.6) is 0 Å². The summed E-state index contributed by atoms with van der Waals surface area (Å²) >= 11 is 5.81. The molecule has 0 fully saturated rings. The topological polar surface area (TPSA) is 104 Å². The standard InChI is InChI=1S/C19H16ClN3O4/c1-11(21-19(26)22-14-9-7-13(20)8-10-14)17-15(18(24)25)16(23-27-17)12-5-3-2-4-6-12/h2-11H,1H3,(H,24,25)(H2,21,22,26)/t11-/m1/s1. The Morgan fingerprint density at radius 3 is 2.41 bits per heavy atom. The highest BCUT2D eigenvalue weighted by atomic mass is 35.5. The normalized spacial score (nSPS) is 11.6. The Balaban J connectivity index is 1.79. The number of nitrogens with zero attached hydrogens (tertiary/aromatic N) is 1. The van der Waals surface area contributed by atoms with Crippen molar-refractivity contribution in [1.82, 2.24) is 10.5 Å². The van der Waals surface area contributed by atoms with Gasteiger partial charge in [0.05, 0.1) is 6.04 Å². The van der Waals surface area contributed by atoms with E-state index in [1.54, 1.807) is 55.5 Å². The third kappa shape index (κ3) is 4.27. The zero-order chi connectivity index (χ0) is 19.4. The molecule has 7 nitrogen and oxygen atoms in total. The van der Waals surface area contributed by atoms with Crippen LogP contribution in [0.1, 0.15) is 29.1 Å². The highest BCUT2D eigenvalue weighted by molar-refractivity contribution is 6.30. The number of benzene rings is 2. The van der Waals surface area contributed by atoms with Gasteiger partial charge in [0.25, 0.3) is 0 Å². The van der Waals surface area contributed by atoms with Gasteiger partial charge in [-0.2, -0.15) is 0 Å². The molecule has 3 aromatic rings. The second-order valence-electron chi connectivity index (χ2n) is 5.77. The lowest BCUT2D eigenvalue weighted by atomic mass is 10.0. The van der Waals surface area contributed by atoms with Gasteiger partial charge in [0.2, 0.25) is 0 Å². The number of rotatable bonds is 5. The maximum atomic E-state index is 12.2. The number of anilines is 1. The summed E-state index contributed by atoms with van der Waals surface area (Å²) < 4.78 is 5.25. The van der Waals surface area contributed by atoms with Gasteiger partial charge in [0.1, 0.15) is 11.3 Å². The molecule has 0 spiro atoms. The van der Waals surface area contributed by atoms with Crippen molar-refractivity contribution in [3.05, 3.63) is 70.9 Å². The summed E-state index contributed by atoms with van der Waals surface area (Å²) in [6.07, 6.45) is 0. The number of carboxylic acid groups (broad SMARTS) is 1. The van der Waals surface area contributed by atoms with Crippen LogP contribution in [0, 0.1) is 0 Å². The van der Waals surface area contributed by atoms with Gasteiger partial charge in [-0.1, -0.05) is 47.1 Å². The summed E-state index contributed by atoms with van der Waals surface area (Å²) in [7, 11) is 0. The maximum Gasteiger partial charge on any atom is 0.341 e. The molecule has 0 bridgehead atoms. The van der Waals surface area contributed by atoms with E-state index in [4.69, 9.17) is 16.1 Å². The van der Waals surface area contributed by atoms with Crippen molar-refractivity contribution >= 4 is 29.3 Å². The predicted molar refractivity (Wildman–Crippen MR) is 101 cm³/mol. The Morgan fingerprint density at radius 2 is 1.78 bits per heavy atom. The van der Waals surface area contributed by atoms with Crippen LogP contribution in [-0.2, 0) is 0 Å². The fraction of sp³-hybridized carbons (Fsp3) is 0.105. The van der Waals surface area contributed by atoms with Crippen LogP contribution >= 0.6 is 11.6 Å². The van der Waals surface area contributed by atoms with Crippen LogP contribution in [0.25, 0.3) is 11.3 Å². The summed E-state index contributed by atoms with van der Waals surface area (Å²) in [6, 6.07) is 14.2. The quantitative estimate of drug-likeness (QED) is 0.596. The van der Waals surface area contributed by atoms with E-state index >= 15 is 0 Å². The van der Waals surface area contributed by atoms with E-state index < -0.39 is 18.0 Å². The first-order valence-electron chi connectivity index (χ1n) is 8.07. The van der Waals surface area contributed by atoms with Gasteiger partial charge in [-0.05, 0) is 31.2 Å². The number of urea groups is 1. The Hall–Kier alpha value is -3.32. The molecule has 0 aliphatic heterocycles. The Morgan fingerprint density at radius 1 is 1.11 bits per heavy atom. The van der Waals surface area contributed by atoms with Crippen molar-refractivity contribution in [2.24, 2.45) is 0 Å². The van der Waals surface area contributed by atoms with E-state index in [0.717, 1.165) is 0 Å². The minimum Gasteiger partial charge on any atom is -0.477 e. The summed E-state index contributed by atoms with van der Waals surface area (Å²) in [6.45, 7) is 1.61. The zero-order valence-corrected chi connectivity index (χ0v) is 15.0. The molecule has 8 heteroatoms. The zero-order valence-electron chi connectivity index (χ0n) is 14.3. The maximum absolute atomic E-state index is 12.2. The lowest BCUT2D eigenvalue weighted by Crippen LogP contribution is -2.31.